The molecule has 0 aromatic carbocycles. The van der Waals surface area contributed by atoms with E-state index in [0.29, 0.717) is 12.2 Å². The first-order valence-corrected chi connectivity index (χ1v) is 5.22. The van der Waals surface area contributed by atoms with Crippen molar-refractivity contribution < 1.29 is 4.74 Å². The van der Waals surface area contributed by atoms with Gasteiger partial charge in [-0.15, -0.1) is 0 Å². The SMILES string of the molecule is C[C@@H]1C[C@@H]2O[C@H]2CN1CC1CC1. The zero-order valence-corrected chi connectivity index (χ0v) is 7.70. The van der Waals surface area contributed by atoms with Crippen LogP contribution in [0.5, 0.6) is 0 Å². The van der Waals surface area contributed by atoms with Gasteiger partial charge in [-0.3, -0.25) is 4.90 Å². The highest BCUT2D eigenvalue weighted by molar-refractivity contribution is 4.97. The van der Waals surface area contributed by atoms with Gasteiger partial charge in [0, 0.05) is 19.1 Å². The van der Waals surface area contributed by atoms with Crippen LogP contribution in [-0.4, -0.2) is 36.2 Å². The Morgan fingerprint density at radius 2 is 2.17 bits per heavy atom. The van der Waals surface area contributed by atoms with Crippen molar-refractivity contribution >= 4 is 0 Å². The van der Waals surface area contributed by atoms with Crippen molar-refractivity contribution in [2.75, 3.05) is 13.1 Å². The summed E-state index contributed by atoms with van der Waals surface area (Å²) >= 11 is 0. The predicted octanol–water partition coefficient (Wildman–Crippen LogP) is 1.26. The summed E-state index contributed by atoms with van der Waals surface area (Å²) in [5.41, 5.74) is 0. The fourth-order valence-corrected chi connectivity index (χ4v) is 2.33. The first-order valence-electron chi connectivity index (χ1n) is 5.22. The second-order valence-corrected chi connectivity index (χ2v) is 4.69. The molecule has 2 nitrogen and oxygen atoms in total. The molecule has 3 fully saturated rings. The summed E-state index contributed by atoms with van der Waals surface area (Å²) in [5.74, 6) is 1.03. The lowest BCUT2D eigenvalue weighted by molar-refractivity contribution is 0.171. The molecule has 0 amide bonds. The van der Waals surface area contributed by atoms with Crippen LogP contribution in [0.15, 0.2) is 0 Å². The van der Waals surface area contributed by atoms with Crippen LogP contribution in [-0.2, 0) is 4.74 Å². The lowest BCUT2D eigenvalue weighted by atomic mass is 10.0. The lowest BCUT2D eigenvalue weighted by Crippen LogP contribution is -2.42. The topological polar surface area (TPSA) is 15.8 Å². The molecule has 2 saturated heterocycles. The van der Waals surface area contributed by atoms with Crippen molar-refractivity contribution in [2.24, 2.45) is 5.92 Å². The Morgan fingerprint density at radius 1 is 1.33 bits per heavy atom. The van der Waals surface area contributed by atoms with Gasteiger partial charge in [0.1, 0.15) is 0 Å². The minimum atomic E-state index is 0.611. The molecule has 0 unspecified atom stereocenters. The molecule has 0 N–H and O–H groups in total. The van der Waals surface area contributed by atoms with Gasteiger partial charge in [0.2, 0.25) is 0 Å². The second-order valence-electron chi connectivity index (χ2n) is 4.69. The van der Waals surface area contributed by atoms with E-state index in [2.05, 4.69) is 11.8 Å². The van der Waals surface area contributed by atoms with E-state index < -0.39 is 0 Å². The van der Waals surface area contributed by atoms with E-state index in [1.807, 2.05) is 0 Å². The third-order valence-electron chi connectivity index (χ3n) is 3.49. The maximum absolute atomic E-state index is 5.54. The average Bonchev–Trinajstić information content (AvgIpc) is 2.85. The molecule has 1 aliphatic carbocycles. The molecule has 0 aromatic heterocycles. The Hall–Kier alpha value is -0.0800. The van der Waals surface area contributed by atoms with Gasteiger partial charge in [0.25, 0.3) is 0 Å². The van der Waals surface area contributed by atoms with Crippen LogP contribution in [0.25, 0.3) is 0 Å². The second kappa shape index (κ2) is 2.46. The average molecular weight is 167 g/mol. The number of hydrogen-bond acceptors (Lipinski definition) is 2. The summed E-state index contributed by atoms with van der Waals surface area (Å²) < 4.78 is 5.54. The number of likely N-dealkylation sites (tertiary alicyclic amines) is 1. The molecule has 12 heavy (non-hydrogen) atoms. The monoisotopic (exact) mass is 167 g/mol. The Bertz CT molecular complexity index is 188. The van der Waals surface area contributed by atoms with Crippen LogP contribution in [0.4, 0.5) is 0 Å². The number of rotatable bonds is 2. The van der Waals surface area contributed by atoms with Gasteiger partial charge in [-0.2, -0.15) is 0 Å². The summed E-state index contributed by atoms with van der Waals surface area (Å²) in [6.07, 6.45) is 5.46. The van der Waals surface area contributed by atoms with Crippen molar-refractivity contribution in [2.45, 2.75) is 44.4 Å². The smallest absolute Gasteiger partial charge is 0.0969 e. The number of fused-ring (bicyclic) bond motifs is 1. The molecule has 3 aliphatic rings. The van der Waals surface area contributed by atoms with Gasteiger partial charge in [-0.25, -0.2) is 0 Å². The van der Waals surface area contributed by atoms with Gasteiger partial charge in [0.15, 0.2) is 0 Å². The van der Waals surface area contributed by atoms with Crippen molar-refractivity contribution in [1.29, 1.82) is 0 Å². The zero-order chi connectivity index (χ0) is 8.13. The summed E-state index contributed by atoms with van der Waals surface area (Å²) in [6.45, 7) is 4.90. The molecule has 2 heterocycles. The van der Waals surface area contributed by atoms with Crippen molar-refractivity contribution in [3.8, 4) is 0 Å². The molecule has 0 spiro atoms. The normalized spacial score (nSPS) is 47.2. The highest BCUT2D eigenvalue weighted by Gasteiger charge is 2.46. The molecule has 0 radical (unpaired) electrons. The predicted molar refractivity (Wildman–Crippen MR) is 47.0 cm³/mol. The van der Waals surface area contributed by atoms with Gasteiger partial charge in [-0.1, -0.05) is 0 Å². The molecule has 2 heteroatoms. The fourth-order valence-electron chi connectivity index (χ4n) is 2.33. The minimum absolute atomic E-state index is 0.611. The summed E-state index contributed by atoms with van der Waals surface area (Å²) in [5, 5.41) is 0. The fraction of sp³-hybridized carbons (Fsp3) is 1.00. The standard InChI is InChI=1S/C10H17NO/c1-7-4-9-10(12-9)6-11(7)5-8-2-3-8/h7-10H,2-6H2,1H3/t7-,9+,10+/m1/s1. The number of epoxide rings is 1. The molecular formula is C10H17NO. The van der Waals surface area contributed by atoms with Crippen LogP contribution < -0.4 is 0 Å². The van der Waals surface area contributed by atoms with E-state index in [1.54, 1.807) is 0 Å². The van der Waals surface area contributed by atoms with Gasteiger partial charge >= 0.3 is 0 Å². The number of ether oxygens (including phenoxy) is 1. The van der Waals surface area contributed by atoms with E-state index in [-0.39, 0.29) is 0 Å². The Kier molecular flexibility index (Phi) is 1.50. The maximum atomic E-state index is 5.54. The van der Waals surface area contributed by atoms with Gasteiger partial charge in [-0.05, 0) is 32.1 Å². The molecule has 1 saturated carbocycles. The first-order chi connectivity index (χ1) is 5.83. The van der Waals surface area contributed by atoms with Crippen molar-refractivity contribution in [1.82, 2.24) is 4.90 Å². The lowest BCUT2D eigenvalue weighted by Gasteiger charge is -2.30. The maximum Gasteiger partial charge on any atom is 0.0969 e. The summed E-state index contributed by atoms with van der Waals surface area (Å²) in [4.78, 5) is 2.63. The van der Waals surface area contributed by atoms with Crippen LogP contribution in [0, 0.1) is 5.92 Å². The summed E-state index contributed by atoms with van der Waals surface area (Å²) in [6, 6.07) is 0.773. The van der Waals surface area contributed by atoms with E-state index in [1.165, 1.54) is 32.4 Å². The Morgan fingerprint density at radius 3 is 2.92 bits per heavy atom. The third kappa shape index (κ3) is 1.27. The van der Waals surface area contributed by atoms with E-state index in [4.69, 9.17) is 4.74 Å². The van der Waals surface area contributed by atoms with E-state index >= 15 is 0 Å². The summed E-state index contributed by atoms with van der Waals surface area (Å²) in [7, 11) is 0. The van der Waals surface area contributed by atoms with Crippen LogP contribution in [0.3, 0.4) is 0 Å². The first kappa shape index (κ1) is 7.34. The van der Waals surface area contributed by atoms with Crippen LogP contribution >= 0.6 is 0 Å². The highest BCUT2D eigenvalue weighted by atomic mass is 16.6. The molecule has 2 aliphatic heterocycles. The zero-order valence-electron chi connectivity index (χ0n) is 7.70. The van der Waals surface area contributed by atoms with Crippen LogP contribution in [0.1, 0.15) is 26.2 Å². The van der Waals surface area contributed by atoms with E-state index in [9.17, 15) is 0 Å². The molecular weight excluding hydrogens is 150 g/mol. The van der Waals surface area contributed by atoms with Crippen LogP contribution in [0.2, 0.25) is 0 Å². The van der Waals surface area contributed by atoms with E-state index in [0.717, 1.165) is 12.0 Å². The Balaban J connectivity index is 1.59. The highest BCUT2D eigenvalue weighted by Crippen LogP contribution is 2.37. The van der Waals surface area contributed by atoms with Crippen molar-refractivity contribution in [3.05, 3.63) is 0 Å². The van der Waals surface area contributed by atoms with Gasteiger partial charge in [0.05, 0.1) is 12.2 Å². The minimum Gasteiger partial charge on any atom is -0.368 e. The number of piperidine rings is 1. The molecule has 0 bridgehead atoms. The number of nitrogens with zero attached hydrogens (tertiary/aromatic N) is 1. The molecule has 3 atom stereocenters. The largest absolute Gasteiger partial charge is 0.368 e. The Labute approximate surface area is 73.9 Å². The van der Waals surface area contributed by atoms with Crippen molar-refractivity contribution in [3.63, 3.8) is 0 Å². The molecule has 68 valence electrons. The third-order valence-corrected chi connectivity index (χ3v) is 3.49. The molecule has 0 aromatic rings. The number of hydrogen-bond donors (Lipinski definition) is 0. The quantitative estimate of drug-likeness (QED) is 0.575. The van der Waals surface area contributed by atoms with Gasteiger partial charge < -0.3 is 4.74 Å². The molecule has 3 rings (SSSR count).